The van der Waals surface area contributed by atoms with Gasteiger partial charge in [0.2, 0.25) is 5.82 Å². The Bertz CT molecular complexity index is 969. The summed E-state index contributed by atoms with van der Waals surface area (Å²) in [4.78, 5) is 9.77. The quantitative estimate of drug-likeness (QED) is 0.574. The Morgan fingerprint density at radius 2 is 1.88 bits per heavy atom. The molecule has 3 heterocycles. The third-order valence-corrected chi connectivity index (χ3v) is 3.78. The van der Waals surface area contributed by atoms with Gasteiger partial charge in [-0.2, -0.15) is 0 Å². The predicted molar refractivity (Wildman–Crippen MR) is 90.6 cm³/mol. The largest absolute Gasteiger partial charge is 0.264 e. The van der Waals surface area contributed by atoms with Gasteiger partial charge in [-0.3, -0.25) is 9.97 Å². The van der Waals surface area contributed by atoms with E-state index in [1.54, 1.807) is 18.6 Å². The van der Waals surface area contributed by atoms with Crippen LogP contribution in [0.5, 0.6) is 0 Å². The molecule has 4 aromatic rings. The summed E-state index contributed by atoms with van der Waals surface area (Å²) in [7, 11) is 0. The molecule has 0 aliphatic carbocycles. The molecule has 0 aliphatic heterocycles. The molecule has 0 atom stereocenters. The molecular formula is C17H11ClN6. The van der Waals surface area contributed by atoms with Crippen LogP contribution in [0.25, 0.3) is 28.3 Å². The highest BCUT2D eigenvalue weighted by molar-refractivity contribution is 6.32. The summed E-state index contributed by atoms with van der Waals surface area (Å²) in [5.41, 5.74) is 3.26. The summed E-state index contributed by atoms with van der Waals surface area (Å²) in [5, 5.41) is 13.1. The Labute approximate surface area is 142 Å². The molecule has 0 spiro atoms. The summed E-state index contributed by atoms with van der Waals surface area (Å²) in [6, 6.07) is 15.0. The number of hydrogen-bond donors (Lipinski definition) is 0. The number of nitrogens with zero attached hydrogens (tertiary/aromatic N) is 6. The minimum Gasteiger partial charge on any atom is -0.264 e. The van der Waals surface area contributed by atoms with Gasteiger partial charge in [-0.25, -0.2) is 0 Å². The Balaban J connectivity index is 1.76. The minimum absolute atomic E-state index is 0.443. The topological polar surface area (TPSA) is 69.4 Å². The number of benzene rings is 1. The van der Waals surface area contributed by atoms with Crippen LogP contribution in [0.15, 0.2) is 67.1 Å². The molecule has 0 fully saturated rings. The van der Waals surface area contributed by atoms with Gasteiger partial charge in [0.05, 0.1) is 5.02 Å². The summed E-state index contributed by atoms with van der Waals surface area (Å²) >= 11 is 6.31. The number of halogens is 1. The molecule has 24 heavy (non-hydrogen) atoms. The van der Waals surface area contributed by atoms with Crippen LogP contribution in [0.3, 0.4) is 0 Å². The van der Waals surface area contributed by atoms with Gasteiger partial charge >= 0.3 is 0 Å². The highest BCUT2D eigenvalue weighted by Crippen LogP contribution is 2.26. The SMILES string of the molecule is Clc1ccc(-c2cccnc2)cc1-n1nnc(-c2ccccn2)n1. The van der Waals surface area contributed by atoms with Gasteiger partial charge in [-0.1, -0.05) is 29.8 Å². The van der Waals surface area contributed by atoms with E-state index in [1.807, 2.05) is 48.5 Å². The molecule has 0 amide bonds. The molecular weight excluding hydrogens is 324 g/mol. The molecule has 0 N–H and O–H groups in total. The molecule has 6 nitrogen and oxygen atoms in total. The number of aromatic nitrogens is 6. The second-order valence-electron chi connectivity index (χ2n) is 5.03. The van der Waals surface area contributed by atoms with Crippen molar-refractivity contribution in [3.8, 4) is 28.3 Å². The van der Waals surface area contributed by atoms with Crippen molar-refractivity contribution in [1.82, 2.24) is 30.2 Å². The van der Waals surface area contributed by atoms with Gasteiger partial charge in [0.15, 0.2) is 0 Å². The fourth-order valence-electron chi connectivity index (χ4n) is 2.29. The Morgan fingerprint density at radius 1 is 0.917 bits per heavy atom. The molecule has 0 unspecified atom stereocenters. The Hall–Kier alpha value is -3.12. The first-order valence-corrected chi connectivity index (χ1v) is 7.61. The molecule has 116 valence electrons. The van der Waals surface area contributed by atoms with Gasteiger partial charge in [-0.15, -0.1) is 15.0 Å². The number of pyridine rings is 2. The molecule has 7 heteroatoms. The van der Waals surface area contributed by atoms with Gasteiger partial charge < -0.3 is 0 Å². The number of tetrazole rings is 1. The van der Waals surface area contributed by atoms with Crippen molar-refractivity contribution in [2.75, 3.05) is 0 Å². The van der Waals surface area contributed by atoms with Gasteiger partial charge in [-0.05, 0) is 41.1 Å². The third-order valence-electron chi connectivity index (χ3n) is 3.46. The van der Waals surface area contributed by atoms with Crippen LogP contribution >= 0.6 is 11.6 Å². The van der Waals surface area contributed by atoms with Crippen LogP contribution in [0.4, 0.5) is 0 Å². The van der Waals surface area contributed by atoms with E-state index in [0.29, 0.717) is 22.2 Å². The van der Waals surface area contributed by atoms with Gasteiger partial charge in [0.25, 0.3) is 0 Å². The zero-order chi connectivity index (χ0) is 16.4. The molecule has 3 aromatic heterocycles. The predicted octanol–water partition coefficient (Wildman–Crippen LogP) is 3.44. The normalized spacial score (nSPS) is 10.7. The Morgan fingerprint density at radius 3 is 2.67 bits per heavy atom. The second kappa shape index (κ2) is 6.17. The first-order chi connectivity index (χ1) is 11.8. The molecule has 0 radical (unpaired) electrons. The average molecular weight is 335 g/mol. The maximum Gasteiger partial charge on any atom is 0.223 e. The lowest BCUT2D eigenvalue weighted by Gasteiger charge is -2.06. The van der Waals surface area contributed by atoms with Crippen LogP contribution in [0.2, 0.25) is 5.02 Å². The fourth-order valence-corrected chi connectivity index (χ4v) is 2.49. The smallest absolute Gasteiger partial charge is 0.223 e. The number of rotatable bonds is 3. The summed E-state index contributed by atoms with van der Waals surface area (Å²) in [5.74, 6) is 0.443. The highest BCUT2D eigenvalue weighted by Gasteiger charge is 2.12. The van der Waals surface area contributed by atoms with Crippen molar-refractivity contribution in [2.45, 2.75) is 0 Å². The average Bonchev–Trinajstić information content (AvgIpc) is 3.13. The van der Waals surface area contributed by atoms with Crippen LogP contribution in [-0.4, -0.2) is 30.2 Å². The summed E-state index contributed by atoms with van der Waals surface area (Å²) in [6.07, 6.45) is 5.21. The van der Waals surface area contributed by atoms with E-state index in [1.165, 1.54) is 4.80 Å². The summed E-state index contributed by atoms with van der Waals surface area (Å²) < 4.78 is 0. The molecule has 0 bridgehead atoms. The standard InChI is InChI=1S/C17H11ClN6/c18-14-7-6-12(13-4-3-8-19-11-13)10-16(14)24-22-17(21-23-24)15-5-1-2-9-20-15/h1-11H. The second-order valence-corrected chi connectivity index (χ2v) is 5.43. The van der Waals surface area contributed by atoms with Crippen molar-refractivity contribution in [3.05, 3.63) is 72.1 Å². The van der Waals surface area contributed by atoms with E-state index in [-0.39, 0.29) is 0 Å². The zero-order valence-corrected chi connectivity index (χ0v) is 13.2. The molecule has 0 aliphatic rings. The van der Waals surface area contributed by atoms with E-state index in [4.69, 9.17) is 11.6 Å². The van der Waals surface area contributed by atoms with Gasteiger partial charge in [0, 0.05) is 24.2 Å². The third kappa shape index (κ3) is 2.75. The first kappa shape index (κ1) is 14.5. The van der Waals surface area contributed by atoms with E-state index in [2.05, 4.69) is 25.4 Å². The van der Waals surface area contributed by atoms with E-state index in [0.717, 1.165) is 11.1 Å². The minimum atomic E-state index is 0.443. The maximum absolute atomic E-state index is 6.31. The van der Waals surface area contributed by atoms with Crippen LogP contribution < -0.4 is 0 Å². The monoisotopic (exact) mass is 334 g/mol. The van der Waals surface area contributed by atoms with Crippen molar-refractivity contribution in [1.29, 1.82) is 0 Å². The van der Waals surface area contributed by atoms with Crippen LogP contribution in [-0.2, 0) is 0 Å². The first-order valence-electron chi connectivity index (χ1n) is 7.23. The van der Waals surface area contributed by atoms with Gasteiger partial charge in [0.1, 0.15) is 11.4 Å². The lowest BCUT2D eigenvalue weighted by Crippen LogP contribution is -2.00. The summed E-state index contributed by atoms with van der Waals surface area (Å²) in [6.45, 7) is 0. The Kier molecular flexibility index (Phi) is 3.72. The number of hydrogen-bond acceptors (Lipinski definition) is 5. The van der Waals surface area contributed by atoms with Crippen molar-refractivity contribution in [3.63, 3.8) is 0 Å². The van der Waals surface area contributed by atoms with E-state index < -0.39 is 0 Å². The highest BCUT2D eigenvalue weighted by atomic mass is 35.5. The molecule has 4 rings (SSSR count). The van der Waals surface area contributed by atoms with Crippen LogP contribution in [0.1, 0.15) is 0 Å². The molecule has 0 saturated carbocycles. The van der Waals surface area contributed by atoms with Crippen molar-refractivity contribution < 1.29 is 0 Å². The van der Waals surface area contributed by atoms with Crippen molar-refractivity contribution in [2.24, 2.45) is 0 Å². The molecule has 1 aromatic carbocycles. The van der Waals surface area contributed by atoms with E-state index >= 15 is 0 Å². The lowest BCUT2D eigenvalue weighted by atomic mass is 10.1. The molecule has 0 saturated heterocycles. The van der Waals surface area contributed by atoms with E-state index in [9.17, 15) is 0 Å². The fraction of sp³-hybridized carbons (Fsp3) is 0. The zero-order valence-electron chi connectivity index (χ0n) is 12.4. The lowest BCUT2D eigenvalue weighted by molar-refractivity contribution is 0.720. The van der Waals surface area contributed by atoms with Crippen molar-refractivity contribution >= 4 is 11.6 Å². The van der Waals surface area contributed by atoms with Crippen LogP contribution in [0, 0.1) is 0 Å². The maximum atomic E-state index is 6.31.